The van der Waals surface area contributed by atoms with E-state index in [1.807, 2.05) is 0 Å². The van der Waals surface area contributed by atoms with Gasteiger partial charge in [0.2, 0.25) is 0 Å². The molecule has 0 aliphatic heterocycles. The molecule has 0 radical (unpaired) electrons. The second kappa shape index (κ2) is 10.3. The maximum atomic E-state index is 12.3. The number of anilines is 1. The van der Waals surface area contributed by atoms with Crippen LogP contribution in [0.4, 0.5) is 5.82 Å². The molecule has 0 amide bonds. The Bertz CT molecular complexity index is 953. The molecule has 0 saturated heterocycles. The van der Waals surface area contributed by atoms with Crippen molar-refractivity contribution in [2.75, 3.05) is 18.7 Å². The van der Waals surface area contributed by atoms with Crippen molar-refractivity contribution in [3.63, 3.8) is 0 Å². The van der Waals surface area contributed by atoms with Gasteiger partial charge in [0, 0.05) is 6.54 Å². The normalized spacial score (nSPS) is 12.8. The number of ether oxygens (including phenoxy) is 3. The van der Waals surface area contributed by atoms with Gasteiger partial charge >= 0.3 is 26.4 Å². The summed E-state index contributed by atoms with van der Waals surface area (Å²) in [4.78, 5) is 36.5. The molecule has 0 fully saturated rings. The summed E-state index contributed by atoms with van der Waals surface area (Å²) in [6.07, 6.45) is 2.57. The molecule has 0 aromatic carbocycles. The Morgan fingerprint density at radius 3 is 2.22 bits per heavy atom. The molecule has 2 aromatic heterocycles. The van der Waals surface area contributed by atoms with Crippen molar-refractivity contribution in [1.29, 1.82) is 0 Å². The van der Waals surface area contributed by atoms with Crippen LogP contribution in [0.15, 0.2) is 12.7 Å². The number of imidazole rings is 1. The first-order chi connectivity index (χ1) is 14.8. The monoisotopic (exact) mass is 470 g/mol. The lowest BCUT2D eigenvalue weighted by atomic mass is 9.97. The SMILES string of the molecule is CC(C)(C)C(=O)OC(OC(=O)C(C)(C)C)O[P+](=O)COCCn1cnc2c(N)ncnc21. The van der Waals surface area contributed by atoms with Crippen LogP contribution in [0.1, 0.15) is 41.5 Å². The molecule has 1 unspecified atom stereocenters. The van der Waals surface area contributed by atoms with Gasteiger partial charge in [-0.05, 0) is 46.1 Å². The molecule has 0 saturated carbocycles. The number of hydrogen-bond donors (Lipinski definition) is 1. The molecule has 0 aliphatic rings. The van der Waals surface area contributed by atoms with Crippen LogP contribution >= 0.6 is 8.03 Å². The Balaban J connectivity index is 1.90. The van der Waals surface area contributed by atoms with Gasteiger partial charge in [0.05, 0.1) is 23.8 Å². The van der Waals surface area contributed by atoms with Crippen molar-refractivity contribution in [1.82, 2.24) is 19.5 Å². The lowest BCUT2D eigenvalue weighted by Crippen LogP contribution is -2.35. The lowest BCUT2D eigenvalue weighted by Gasteiger charge is -2.22. The van der Waals surface area contributed by atoms with E-state index >= 15 is 0 Å². The number of hydrogen-bond acceptors (Lipinski definition) is 11. The van der Waals surface area contributed by atoms with Crippen molar-refractivity contribution in [2.45, 2.75) is 54.6 Å². The third kappa shape index (κ3) is 7.18. The molecule has 32 heavy (non-hydrogen) atoms. The summed E-state index contributed by atoms with van der Waals surface area (Å²) in [5.74, 6) is -1.09. The summed E-state index contributed by atoms with van der Waals surface area (Å²) >= 11 is 0. The minimum atomic E-state index is -2.46. The van der Waals surface area contributed by atoms with Gasteiger partial charge in [0.25, 0.3) is 6.35 Å². The van der Waals surface area contributed by atoms with Crippen LogP contribution in [0.25, 0.3) is 11.2 Å². The van der Waals surface area contributed by atoms with Crippen LogP contribution < -0.4 is 5.73 Å². The van der Waals surface area contributed by atoms with Crippen molar-refractivity contribution >= 4 is 36.9 Å². The number of nitrogens with zero attached hydrogens (tertiary/aromatic N) is 4. The average Bonchev–Trinajstić information content (AvgIpc) is 3.08. The fraction of sp³-hybridized carbons (Fsp3) is 0.632. The molecule has 0 bridgehead atoms. The van der Waals surface area contributed by atoms with Crippen molar-refractivity contribution in [2.24, 2.45) is 10.8 Å². The van der Waals surface area contributed by atoms with Gasteiger partial charge < -0.3 is 24.5 Å². The topological polar surface area (TPSA) is 158 Å². The summed E-state index contributed by atoms with van der Waals surface area (Å²) < 4.78 is 34.7. The number of fused-ring (bicyclic) bond motifs is 1. The largest absolute Gasteiger partial charge is 0.544 e. The van der Waals surface area contributed by atoms with Gasteiger partial charge in [0.1, 0.15) is 11.8 Å². The van der Waals surface area contributed by atoms with E-state index in [9.17, 15) is 14.2 Å². The Morgan fingerprint density at radius 2 is 1.66 bits per heavy atom. The molecular weight excluding hydrogens is 441 g/mol. The van der Waals surface area contributed by atoms with E-state index in [4.69, 9.17) is 24.5 Å². The maximum absolute atomic E-state index is 12.3. The fourth-order valence-corrected chi connectivity index (χ4v) is 2.70. The van der Waals surface area contributed by atoms with Crippen molar-refractivity contribution < 1.29 is 32.9 Å². The van der Waals surface area contributed by atoms with Gasteiger partial charge in [0.15, 0.2) is 11.5 Å². The van der Waals surface area contributed by atoms with E-state index in [2.05, 4.69) is 15.0 Å². The maximum Gasteiger partial charge on any atom is 0.544 e. The van der Waals surface area contributed by atoms with Crippen LogP contribution in [0.5, 0.6) is 0 Å². The molecule has 13 heteroatoms. The minimum absolute atomic E-state index is 0.161. The number of carbonyl (C=O) groups is 2. The number of esters is 2. The Kier molecular flexibility index (Phi) is 8.22. The number of nitrogen functional groups attached to an aromatic ring is 1. The standard InChI is InChI=1S/C19H29N5O7P/c1-18(2,3)15(25)29-17(30-16(26)19(4,5)6)31-32(27)11-28-8-7-24-10-23-12-13(20)21-9-22-14(12)24/h9-10,17H,7-8,11H2,1-6H3,(H2,20,21,22)/q+1. The predicted molar refractivity (Wildman–Crippen MR) is 114 cm³/mol. The zero-order valence-corrected chi connectivity index (χ0v) is 19.9. The van der Waals surface area contributed by atoms with E-state index in [0.29, 0.717) is 17.7 Å². The van der Waals surface area contributed by atoms with Crippen molar-refractivity contribution in [3.8, 4) is 0 Å². The molecule has 0 spiro atoms. The number of carbonyl (C=O) groups excluding carboxylic acids is 2. The summed E-state index contributed by atoms with van der Waals surface area (Å²) in [5.41, 5.74) is 5.02. The third-order valence-electron chi connectivity index (χ3n) is 3.94. The number of rotatable bonds is 9. The van der Waals surface area contributed by atoms with E-state index < -0.39 is 37.3 Å². The second-order valence-electron chi connectivity index (χ2n) is 8.94. The zero-order valence-electron chi connectivity index (χ0n) is 19.0. The van der Waals surface area contributed by atoms with Gasteiger partial charge in [-0.15, -0.1) is 0 Å². The smallest absolute Gasteiger partial charge is 0.397 e. The highest BCUT2D eigenvalue weighted by Crippen LogP contribution is 2.29. The lowest BCUT2D eigenvalue weighted by molar-refractivity contribution is -0.243. The Hall–Kier alpha value is -2.69. The van der Waals surface area contributed by atoms with Gasteiger partial charge in [-0.3, -0.25) is 9.59 Å². The quantitative estimate of drug-likeness (QED) is 0.248. The Morgan fingerprint density at radius 1 is 1.06 bits per heavy atom. The van der Waals surface area contributed by atoms with Gasteiger partial charge in [-0.2, -0.15) is 0 Å². The second-order valence-corrected chi connectivity index (χ2v) is 10.1. The Labute approximate surface area is 186 Å². The van der Waals surface area contributed by atoms with Crippen LogP contribution in [-0.4, -0.2) is 50.9 Å². The highest BCUT2D eigenvalue weighted by molar-refractivity contribution is 7.38. The third-order valence-corrected chi connectivity index (χ3v) is 4.74. The molecule has 2 heterocycles. The molecule has 176 valence electrons. The van der Waals surface area contributed by atoms with E-state index in [0.717, 1.165) is 0 Å². The highest BCUT2D eigenvalue weighted by atomic mass is 31.1. The molecule has 2 aromatic rings. The van der Waals surface area contributed by atoms with E-state index in [-0.39, 0.29) is 18.8 Å². The highest BCUT2D eigenvalue weighted by Gasteiger charge is 2.37. The van der Waals surface area contributed by atoms with Crippen LogP contribution in [0.3, 0.4) is 0 Å². The first-order valence-electron chi connectivity index (χ1n) is 9.81. The molecule has 1 atom stereocenters. The van der Waals surface area contributed by atoms with Crippen LogP contribution in [-0.2, 0) is 39.4 Å². The molecule has 0 aliphatic carbocycles. The zero-order chi connectivity index (χ0) is 24.1. The fourth-order valence-electron chi connectivity index (χ4n) is 2.09. The summed E-state index contributed by atoms with van der Waals surface area (Å²) in [6, 6.07) is 0. The molecular formula is C19H29N5O7P+. The summed E-state index contributed by atoms with van der Waals surface area (Å²) in [7, 11) is -2.46. The van der Waals surface area contributed by atoms with Crippen LogP contribution in [0.2, 0.25) is 0 Å². The summed E-state index contributed by atoms with van der Waals surface area (Å²) in [6.45, 7) is 8.51. The van der Waals surface area contributed by atoms with E-state index in [1.165, 1.54) is 6.33 Å². The summed E-state index contributed by atoms with van der Waals surface area (Å²) in [5, 5.41) is 0. The molecule has 2 rings (SSSR count). The number of aromatic nitrogens is 4. The van der Waals surface area contributed by atoms with Gasteiger partial charge in [-0.1, -0.05) is 4.52 Å². The first kappa shape index (κ1) is 25.6. The van der Waals surface area contributed by atoms with Crippen molar-refractivity contribution in [3.05, 3.63) is 12.7 Å². The first-order valence-corrected chi connectivity index (χ1v) is 11.2. The minimum Gasteiger partial charge on any atom is -0.397 e. The number of nitrogens with two attached hydrogens (primary N) is 1. The van der Waals surface area contributed by atoms with Gasteiger partial charge in [-0.25, -0.2) is 15.0 Å². The van der Waals surface area contributed by atoms with Crippen LogP contribution in [0, 0.1) is 10.8 Å². The van der Waals surface area contributed by atoms with E-state index in [1.54, 1.807) is 52.4 Å². The molecule has 2 N–H and O–H groups in total. The predicted octanol–water partition coefficient (Wildman–Crippen LogP) is 2.60. The average molecular weight is 470 g/mol. The molecule has 12 nitrogen and oxygen atoms in total.